The summed E-state index contributed by atoms with van der Waals surface area (Å²) in [6.45, 7) is 10.3. The molecule has 1 fully saturated rings. The number of hydrogen-bond donors (Lipinski definition) is 2. The lowest BCUT2D eigenvalue weighted by atomic mass is 10.0. The van der Waals surface area contributed by atoms with Crippen molar-refractivity contribution >= 4 is 5.91 Å². The van der Waals surface area contributed by atoms with Gasteiger partial charge in [-0.3, -0.25) is 4.79 Å². The molecule has 0 bridgehead atoms. The van der Waals surface area contributed by atoms with Crippen LogP contribution in [0.25, 0.3) is 0 Å². The second-order valence-electron chi connectivity index (χ2n) is 5.51. The minimum absolute atomic E-state index is 0.167. The molecule has 1 unspecified atom stereocenters. The summed E-state index contributed by atoms with van der Waals surface area (Å²) in [5.74, 6) is 0.167. The maximum absolute atomic E-state index is 11.6. The van der Waals surface area contributed by atoms with Crippen LogP contribution < -0.4 is 10.6 Å². The highest BCUT2D eigenvalue weighted by atomic mass is 16.1. The number of hydrogen-bond acceptors (Lipinski definition) is 3. The summed E-state index contributed by atoms with van der Waals surface area (Å²) in [5, 5.41) is 6.51. The second-order valence-corrected chi connectivity index (χ2v) is 5.51. The van der Waals surface area contributed by atoms with Crippen LogP contribution in [0.3, 0.4) is 0 Å². The number of carbonyl (C=O) groups excluding carboxylic acids is 1. The van der Waals surface area contributed by atoms with E-state index in [0.29, 0.717) is 12.5 Å². The monoisotopic (exact) mass is 255 g/mol. The van der Waals surface area contributed by atoms with Crippen LogP contribution >= 0.6 is 0 Å². The van der Waals surface area contributed by atoms with E-state index in [2.05, 4.69) is 22.5 Å². The third-order valence-corrected chi connectivity index (χ3v) is 3.44. The van der Waals surface area contributed by atoms with E-state index in [0.717, 1.165) is 26.2 Å². The van der Waals surface area contributed by atoms with Crippen molar-refractivity contribution in [3.63, 3.8) is 0 Å². The first-order valence-electron chi connectivity index (χ1n) is 7.37. The van der Waals surface area contributed by atoms with Crippen molar-refractivity contribution in [2.75, 3.05) is 26.2 Å². The van der Waals surface area contributed by atoms with E-state index in [1.807, 2.05) is 13.8 Å². The Kier molecular flexibility index (Phi) is 7.28. The molecule has 106 valence electrons. The fourth-order valence-corrected chi connectivity index (χ4v) is 2.42. The number of nitrogens with one attached hydrogen (secondary N) is 2. The normalized spacial score (nSPS) is 20.4. The van der Waals surface area contributed by atoms with Gasteiger partial charge in [-0.25, -0.2) is 0 Å². The van der Waals surface area contributed by atoms with Crippen LogP contribution in [0.2, 0.25) is 0 Å². The van der Waals surface area contributed by atoms with Crippen molar-refractivity contribution in [2.24, 2.45) is 0 Å². The first-order chi connectivity index (χ1) is 8.61. The molecular weight excluding hydrogens is 226 g/mol. The molecule has 1 heterocycles. The molecule has 1 saturated heterocycles. The highest BCUT2D eigenvalue weighted by Gasteiger charge is 2.16. The van der Waals surface area contributed by atoms with Crippen molar-refractivity contribution < 1.29 is 4.79 Å². The Balaban J connectivity index is 2.21. The van der Waals surface area contributed by atoms with Gasteiger partial charge in [0, 0.05) is 31.6 Å². The number of piperidine rings is 1. The van der Waals surface area contributed by atoms with Crippen molar-refractivity contribution in [3.8, 4) is 0 Å². The molecule has 0 aromatic carbocycles. The van der Waals surface area contributed by atoms with E-state index in [1.54, 1.807) is 0 Å². The maximum atomic E-state index is 11.6. The predicted molar refractivity (Wildman–Crippen MR) is 75.7 cm³/mol. The summed E-state index contributed by atoms with van der Waals surface area (Å²) < 4.78 is 0. The Morgan fingerprint density at radius 1 is 1.44 bits per heavy atom. The Labute approximate surface area is 111 Å². The Bertz CT molecular complexity index is 237. The summed E-state index contributed by atoms with van der Waals surface area (Å²) in [6, 6.07) is 0.861. The van der Waals surface area contributed by atoms with Crippen molar-refractivity contribution in [2.45, 2.75) is 58.5 Å². The van der Waals surface area contributed by atoms with Crippen molar-refractivity contribution in [1.29, 1.82) is 0 Å². The van der Waals surface area contributed by atoms with E-state index in [1.165, 1.54) is 19.3 Å². The molecule has 0 aliphatic carbocycles. The molecule has 2 N–H and O–H groups in total. The molecular formula is C14H29N3O. The molecule has 0 saturated carbocycles. The van der Waals surface area contributed by atoms with Crippen LogP contribution in [0.4, 0.5) is 0 Å². The molecule has 18 heavy (non-hydrogen) atoms. The third-order valence-electron chi connectivity index (χ3n) is 3.44. The molecule has 0 aromatic heterocycles. The lowest BCUT2D eigenvalue weighted by Crippen LogP contribution is -2.44. The zero-order chi connectivity index (χ0) is 13.4. The van der Waals surface area contributed by atoms with E-state index < -0.39 is 0 Å². The first-order valence-corrected chi connectivity index (χ1v) is 7.37. The smallest absolute Gasteiger partial charge is 0.221 e. The highest BCUT2D eigenvalue weighted by molar-refractivity contribution is 5.76. The van der Waals surface area contributed by atoms with Gasteiger partial charge in [-0.2, -0.15) is 0 Å². The minimum Gasteiger partial charge on any atom is -0.354 e. The Morgan fingerprint density at radius 3 is 2.78 bits per heavy atom. The van der Waals surface area contributed by atoms with Gasteiger partial charge in [-0.05, 0) is 39.8 Å². The molecule has 1 atom stereocenters. The average Bonchev–Trinajstić information content (AvgIpc) is 2.35. The summed E-state index contributed by atoms with van der Waals surface area (Å²) in [7, 11) is 0. The summed E-state index contributed by atoms with van der Waals surface area (Å²) in [5.41, 5.74) is 0. The van der Waals surface area contributed by atoms with Gasteiger partial charge in [-0.1, -0.05) is 13.3 Å². The van der Waals surface area contributed by atoms with Gasteiger partial charge in [0.05, 0.1) is 0 Å². The number of nitrogens with zero attached hydrogens (tertiary/aromatic N) is 1. The van der Waals surface area contributed by atoms with Crippen LogP contribution in [0.5, 0.6) is 0 Å². The number of rotatable bonds is 7. The largest absolute Gasteiger partial charge is 0.354 e. The van der Waals surface area contributed by atoms with E-state index in [9.17, 15) is 4.79 Å². The zero-order valence-corrected chi connectivity index (χ0v) is 12.2. The molecule has 4 heteroatoms. The summed E-state index contributed by atoms with van der Waals surface area (Å²) in [6.07, 6.45) is 4.52. The maximum Gasteiger partial charge on any atom is 0.221 e. The molecule has 0 spiro atoms. The quantitative estimate of drug-likeness (QED) is 0.722. The SMILES string of the molecule is CCN(CCC(=O)NC(C)C)CC1CCCCN1. The van der Waals surface area contributed by atoms with Gasteiger partial charge in [0.25, 0.3) is 0 Å². The van der Waals surface area contributed by atoms with Crippen molar-refractivity contribution in [3.05, 3.63) is 0 Å². The number of amides is 1. The summed E-state index contributed by atoms with van der Waals surface area (Å²) in [4.78, 5) is 14.0. The average molecular weight is 255 g/mol. The van der Waals surface area contributed by atoms with Gasteiger partial charge in [0.2, 0.25) is 5.91 Å². The van der Waals surface area contributed by atoms with Gasteiger partial charge >= 0.3 is 0 Å². The third kappa shape index (κ3) is 6.36. The van der Waals surface area contributed by atoms with Gasteiger partial charge < -0.3 is 15.5 Å². The van der Waals surface area contributed by atoms with E-state index in [-0.39, 0.29) is 11.9 Å². The topological polar surface area (TPSA) is 44.4 Å². The van der Waals surface area contributed by atoms with Crippen LogP contribution in [0.15, 0.2) is 0 Å². The standard InChI is InChI=1S/C14H29N3O/c1-4-17(10-8-14(18)16-12(2)3)11-13-7-5-6-9-15-13/h12-13,15H,4-11H2,1-3H3,(H,16,18). The van der Waals surface area contributed by atoms with Crippen LogP contribution in [0.1, 0.15) is 46.5 Å². The molecule has 1 aliphatic rings. The predicted octanol–water partition coefficient (Wildman–Crippen LogP) is 1.37. The molecule has 4 nitrogen and oxygen atoms in total. The van der Waals surface area contributed by atoms with E-state index in [4.69, 9.17) is 0 Å². The molecule has 1 amide bonds. The van der Waals surface area contributed by atoms with Crippen LogP contribution in [0, 0.1) is 0 Å². The Morgan fingerprint density at radius 2 is 2.22 bits per heavy atom. The lowest BCUT2D eigenvalue weighted by Gasteiger charge is -2.29. The van der Waals surface area contributed by atoms with Gasteiger partial charge in [0.1, 0.15) is 0 Å². The van der Waals surface area contributed by atoms with Crippen molar-refractivity contribution in [1.82, 2.24) is 15.5 Å². The lowest BCUT2D eigenvalue weighted by molar-refractivity contribution is -0.121. The number of likely N-dealkylation sites (N-methyl/N-ethyl adjacent to an activating group) is 1. The summed E-state index contributed by atoms with van der Waals surface area (Å²) >= 11 is 0. The van der Waals surface area contributed by atoms with E-state index >= 15 is 0 Å². The zero-order valence-electron chi connectivity index (χ0n) is 12.2. The number of carbonyl (C=O) groups is 1. The Hall–Kier alpha value is -0.610. The molecule has 1 rings (SSSR count). The van der Waals surface area contributed by atoms with Crippen LogP contribution in [-0.4, -0.2) is 49.1 Å². The minimum atomic E-state index is 0.167. The first kappa shape index (κ1) is 15.4. The van der Waals surface area contributed by atoms with Crippen LogP contribution in [-0.2, 0) is 4.79 Å². The fourth-order valence-electron chi connectivity index (χ4n) is 2.42. The molecule has 0 radical (unpaired) electrons. The molecule has 1 aliphatic heterocycles. The van der Waals surface area contributed by atoms with Gasteiger partial charge in [0.15, 0.2) is 0 Å². The second kappa shape index (κ2) is 8.48. The van der Waals surface area contributed by atoms with Gasteiger partial charge in [-0.15, -0.1) is 0 Å². The molecule has 0 aromatic rings. The fraction of sp³-hybridized carbons (Fsp3) is 0.929. The highest BCUT2D eigenvalue weighted by Crippen LogP contribution is 2.08.